The molecule has 6 nitrogen and oxygen atoms in total. The van der Waals surface area contributed by atoms with Gasteiger partial charge in [0.2, 0.25) is 11.8 Å². The minimum atomic E-state index is 0.354. The first kappa shape index (κ1) is 14.0. The van der Waals surface area contributed by atoms with Crippen LogP contribution in [0.2, 0.25) is 0 Å². The molecule has 106 valence electrons. The molecule has 19 heavy (non-hydrogen) atoms. The molecule has 0 unspecified atom stereocenters. The number of nitrogens with zero attached hydrogens (tertiary/aromatic N) is 2. The fraction of sp³-hybridized carbons (Fsp3) is 0.692. The number of rotatable bonds is 6. The SMILES string of the molecule is COc1ccnc(NCCOC2CCC(N)CC2)n1. The normalized spacial score (nSPS) is 23.1. The summed E-state index contributed by atoms with van der Waals surface area (Å²) in [4.78, 5) is 8.28. The van der Waals surface area contributed by atoms with Crippen molar-refractivity contribution in [3.8, 4) is 5.88 Å². The van der Waals surface area contributed by atoms with Crippen LogP contribution in [0.1, 0.15) is 25.7 Å². The second-order valence-corrected chi connectivity index (χ2v) is 4.76. The van der Waals surface area contributed by atoms with Crippen LogP contribution in [0.5, 0.6) is 5.88 Å². The molecule has 3 N–H and O–H groups in total. The number of anilines is 1. The van der Waals surface area contributed by atoms with E-state index in [4.69, 9.17) is 15.2 Å². The summed E-state index contributed by atoms with van der Waals surface area (Å²) in [5.41, 5.74) is 5.86. The number of nitrogens with one attached hydrogen (secondary N) is 1. The third-order valence-electron chi connectivity index (χ3n) is 3.30. The average Bonchev–Trinajstić information content (AvgIpc) is 2.46. The summed E-state index contributed by atoms with van der Waals surface area (Å²) in [5, 5.41) is 3.12. The first-order valence-corrected chi connectivity index (χ1v) is 6.76. The number of aromatic nitrogens is 2. The van der Waals surface area contributed by atoms with E-state index in [-0.39, 0.29) is 0 Å². The Kier molecular flexibility index (Phi) is 5.35. The maximum atomic E-state index is 5.86. The molecule has 1 fully saturated rings. The Morgan fingerprint density at radius 2 is 2.16 bits per heavy atom. The second-order valence-electron chi connectivity index (χ2n) is 4.76. The standard InChI is InChI=1S/C13H22N4O2/c1-18-12-6-7-15-13(17-12)16-8-9-19-11-4-2-10(14)3-5-11/h6-7,10-11H,2-5,8-9,14H2,1H3,(H,15,16,17). The molecule has 0 saturated heterocycles. The van der Waals surface area contributed by atoms with Crippen molar-refractivity contribution in [3.05, 3.63) is 12.3 Å². The van der Waals surface area contributed by atoms with Gasteiger partial charge in [0, 0.05) is 24.8 Å². The second kappa shape index (κ2) is 7.25. The third-order valence-corrected chi connectivity index (χ3v) is 3.30. The Bertz CT molecular complexity index is 381. The molecule has 0 amide bonds. The Morgan fingerprint density at radius 3 is 2.89 bits per heavy atom. The minimum Gasteiger partial charge on any atom is -0.481 e. The third kappa shape index (κ3) is 4.65. The van der Waals surface area contributed by atoms with E-state index in [2.05, 4.69) is 15.3 Å². The molecule has 0 aromatic carbocycles. The lowest BCUT2D eigenvalue weighted by atomic mass is 9.94. The molecule has 0 spiro atoms. The predicted octanol–water partition coefficient (Wildman–Crippen LogP) is 1.18. The maximum absolute atomic E-state index is 5.86. The molecule has 1 heterocycles. The first-order valence-electron chi connectivity index (χ1n) is 6.76. The van der Waals surface area contributed by atoms with Gasteiger partial charge in [-0.2, -0.15) is 4.98 Å². The van der Waals surface area contributed by atoms with E-state index >= 15 is 0 Å². The van der Waals surface area contributed by atoms with Crippen LogP contribution in [-0.4, -0.2) is 42.4 Å². The van der Waals surface area contributed by atoms with Gasteiger partial charge in [0.1, 0.15) is 0 Å². The lowest BCUT2D eigenvalue weighted by Crippen LogP contribution is -2.31. The molecule has 0 aliphatic heterocycles. The van der Waals surface area contributed by atoms with Gasteiger partial charge >= 0.3 is 0 Å². The lowest BCUT2D eigenvalue weighted by molar-refractivity contribution is 0.0312. The van der Waals surface area contributed by atoms with Crippen molar-refractivity contribution in [1.82, 2.24) is 9.97 Å². The van der Waals surface area contributed by atoms with Crippen LogP contribution in [0.15, 0.2) is 12.3 Å². The Labute approximate surface area is 113 Å². The molecule has 0 atom stereocenters. The molecular formula is C13H22N4O2. The smallest absolute Gasteiger partial charge is 0.226 e. The van der Waals surface area contributed by atoms with E-state index in [9.17, 15) is 0 Å². The Morgan fingerprint density at radius 1 is 1.37 bits per heavy atom. The summed E-state index contributed by atoms with van der Waals surface area (Å²) >= 11 is 0. The highest BCUT2D eigenvalue weighted by Gasteiger charge is 2.18. The van der Waals surface area contributed by atoms with Gasteiger partial charge in [0.15, 0.2) is 0 Å². The van der Waals surface area contributed by atoms with E-state index in [1.165, 1.54) is 0 Å². The van der Waals surface area contributed by atoms with E-state index in [0.717, 1.165) is 25.7 Å². The molecule has 1 aromatic rings. The molecule has 1 saturated carbocycles. The van der Waals surface area contributed by atoms with Crippen LogP contribution in [0, 0.1) is 0 Å². The van der Waals surface area contributed by atoms with Crippen molar-refractivity contribution in [2.24, 2.45) is 5.73 Å². The fourth-order valence-corrected chi connectivity index (χ4v) is 2.18. The van der Waals surface area contributed by atoms with Crippen LogP contribution < -0.4 is 15.8 Å². The van der Waals surface area contributed by atoms with Crippen molar-refractivity contribution in [1.29, 1.82) is 0 Å². The summed E-state index contributed by atoms with van der Waals surface area (Å²) < 4.78 is 10.8. The zero-order chi connectivity index (χ0) is 13.5. The van der Waals surface area contributed by atoms with Crippen LogP contribution in [-0.2, 0) is 4.74 Å². The fourth-order valence-electron chi connectivity index (χ4n) is 2.18. The number of hydrogen-bond acceptors (Lipinski definition) is 6. The number of ether oxygens (including phenoxy) is 2. The van der Waals surface area contributed by atoms with Gasteiger partial charge in [-0.1, -0.05) is 0 Å². The number of hydrogen-bond donors (Lipinski definition) is 2. The lowest BCUT2D eigenvalue weighted by Gasteiger charge is -2.26. The molecule has 2 rings (SSSR count). The summed E-state index contributed by atoms with van der Waals surface area (Å²) in [6.07, 6.45) is 6.28. The highest BCUT2D eigenvalue weighted by Crippen LogP contribution is 2.19. The van der Waals surface area contributed by atoms with Crippen molar-refractivity contribution in [2.45, 2.75) is 37.8 Å². The molecule has 1 aliphatic carbocycles. The number of nitrogens with two attached hydrogens (primary N) is 1. The molecule has 6 heteroatoms. The van der Waals surface area contributed by atoms with Crippen molar-refractivity contribution < 1.29 is 9.47 Å². The summed E-state index contributed by atoms with van der Waals surface area (Å²) in [5.74, 6) is 1.12. The monoisotopic (exact) mass is 266 g/mol. The van der Waals surface area contributed by atoms with Gasteiger partial charge in [-0.3, -0.25) is 0 Å². The average molecular weight is 266 g/mol. The van der Waals surface area contributed by atoms with Gasteiger partial charge in [0.05, 0.1) is 19.8 Å². The minimum absolute atomic E-state index is 0.354. The Balaban J connectivity index is 1.63. The van der Waals surface area contributed by atoms with Gasteiger partial charge in [-0.25, -0.2) is 4.98 Å². The summed E-state index contributed by atoms with van der Waals surface area (Å²) in [6.45, 7) is 1.34. The highest BCUT2D eigenvalue weighted by atomic mass is 16.5. The van der Waals surface area contributed by atoms with Crippen molar-refractivity contribution >= 4 is 5.95 Å². The zero-order valence-electron chi connectivity index (χ0n) is 11.3. The van der Waals surface area contributed by atoms with E-state index < -0.39 is 0 Å². The van der Waals surface area contributed by atoms with Gasteiger partial charge in [-0.15, -0.1) is 0 Å². The highest BCUT2D eigenvalue weighted by molar-refractivity contribution is 5.27. The van der Waals surface area contributed by atoms with Crippen molar-refractivity contribution in [2.75, 3.05) is 25.6 Å². The van der Waals surface area contributed by atoms with Gasteiger partial charge < -0.3 is 20.5 Å². The van der Waals surface area contributed by atoms with Crippen LogP contribution in [0.4, 0.5) is 5.95 Å². The maximum Gasteiger partial charge on any atom is 0.226 e. The van der Waals surface area contributed by atoms with Crippen LogP contribution >= 0.6 is 0 Å². The summed E-state index contributed by atoms with van der Waals surface area (Å²) in [7, 11) is 1.59. The van der Waals surface area contributed by atoms with E-state index in [1.807, 2.05) is 0 Å². The number of methoxy groups -OCH3 is 1. The topological polar surface area (TPSA) is 82.3 Å². The van der Waals surface area contributed by atoms with E-state index in [1.54, 1.807) is 19.4 Å². The predicted molar refractivity (Wildman–Crippen MR) is 73.3 cm³/mol. The van der Waals surface area contributed by atoms with Gasteiger partial charge in [-0.05, 0) is 25.7 Å². The molecule has 0 bridgehead atoms. The largest absolute Gasteiger partial charge is 0.481 e. The van der Waals surface area contributed by atoms with Crippen LogP contribution in [0.3, 0.4) is 0 Å². The van der Waals surface area contributed by atoms with Crippen molar-refractivity contribution in [3.63, 3.8) is 0 Å². The summed E-state index contributed by atoms with van der Waals surface area (Å²) in [6, 6.07) is 2.08. The molecular weight excluding hydrogens is 244 g/mol. The Hall–Kier alpha value is -1.40. The van der Waals surface area contributed by atoms with E-state index in [0.29, 0.717) is 37.1 Å². The molecule has 0 radical (unpaired) electrons. The van der Waals surface area contributed by atoms with Gasteiger partial charge in [0.25, 0.3) is 0 Å². The van der Waals surface area contributed by atoms with Crippen LogP contribution in [0.25, 0.3) is 0 Å². The molecule has 1 aromatic heterocycles. The quantitative estimate of drug-likeness (QED) is 0.752. The first-order chi connectivity index (χ1) is 9.28. The molecule has 1 aliphatic rings. The zero-order valence-corrected chi connectivity index (χ0v) is 11.3.